The van der Waals surface area contributed by atoms with Crippen molar-refractivity contribution in [2.45, 2.75) is 13.3 Å². The second-order valence-corrected chi connectivity index (χ2v) is 4.42. The van der Waals surface area contributed by atoms with Crippen LogP contribution in [0.15, 0.2) is 17.5 Å². The van der Waals surface area contributed by atoms with Crippen molar-refractivity contribution in [2.75, 3.05) is 0 Å². The van der Waals surface area contributed by atoms with Gasteiger partial charge in [-0.25, -0.2) is 0 Å². The van der Waals surface area contributed by atoms with Crippen LogP contribution in [0.5, 0.6) is 0 Å². The number of halogens is 1. The Morgan fingerprint density at radius 2 is 2.29 bits per heavy atom. The van der Waals surface area contributed by atoms with E-state index in [0.29, 0.717) is 5.02 Å². The van der Waals surface area contributed by atoms with E-state index in [9.17, 15) is 4.79 Å². The summed E-state index contributed by atoms with van der Waals surface area (Å²) in [5.41, 5.74) is 1.95. The predicted molar refractivity (Wildman–Crippen MR) is 61.6 cm³/mol. The number of carbonyl (C=O) groups is 1. The van der Waals surface area contributed by atoms with E-state index in [1.54, 1.807) is 11.3 Å². The molecule has 0 amide bonds. The van der Waals surface area contributed by atoms with Crippen molar-refractivity contribution in [3.63, 3.8) is 0 Å². The van der Waals surface area contributed by atoms with Crippen LogP contribution >= 0.6 is 22.9 Å². The Kier molecular flexibility index (Phi) is 2.57. The highest BCUT2D eigenvalue weighted by atomic mass is 35.5. The smallest absolute Gasteiger partial charge is 0.151 e. The van der Waals surface area contributed by atoms with Gasteiger partial charge < -0.3 is 0 Å². The highest BCUT2D eigenvalue weighted by molar-refractivity contribution is 7.17. The topological polar surface area (TPSA) is 17.1 Å². The molecular formula is C11H9ClOS. The second-order valence-electron chi connectivity index (χ2n) is 3.10. The Bertz CT molecular complexity index is 487. The molecule has 72 valence electrons. The van der Waals surface area contributed by atoms with Crippen LogP contribution in [0.3, 0.4) is 0 Å². The number of aldehydes is 1. The first-order valence-corrected chi connectivity index (χ1v) is 5.66. The Balaban J connectivity index is 2.83. The molecular weight excluding hydrogens is 216 g/mol. The fourth-order valence-corrected chi connectivity index (χ4v) is 2.87. The van der Waals surface area contributed by atoms with Gasteiger partial charge in [0.05, 0.1) is 0 Å². The molecule has 0 spiro atoms. The number of hydrogen-bond acceptors (Lipinski definition) is 2. The highest BCUT2D eigenvalue weighted by Gasteiger charge is 2.07. The Labute approximate surface area is 91.3 Å². The third kappa shape index (κ3) is 1.45. The van der Waals surface area contributed by atoms with Crippen molar-refractivity contribution in [3.8, 4) is 0 Å². The van der Waals surface area contributed by atoms with Crippen LogP contribution in [0.25, 0.3) is 10.1 Å². The number of hydrogen-bond donors (Lipinski definition) is 0. The highest BCUT2D eigenvalue weighted by Crippen LogP contribution is 2.31. The van der Waals surface area contributed by atoms with Crippen molar-refractivity contribution in [1.82, 2.24) is 0 Å². The second kappa shape index (κ2) is 3.71. The van der Waals surface area contributed by atoms with Crippen molar-refractivity contribution < 1.29 is 4.79 Å². The van der Waals surface area contributed by atoms with E-state index < -0.39 is 0 Å². The number of thiophene rings is 1. The largest absolute Gasteiger partial charge is 0.298 e. The fourth-order valence-electron chi connectivity index (χ4n) is 1.54. The lowest BCUT2D eigenvalue weighted by molar-refractivity contribution is 0.112. The van der Waals surface area contributed by atoms with Crippen LogP contribution in [0, 0.1) is 0 Å². The molecule has 1 nitrogen and oxygen atoms in total. The molecule has 0 saturated carbocycles. The average Bonchev–Trinajstić information content (AvgIpc) is 2.59. The quantitative estimate of drug-likeness (QED) is 0.707. The van der Waals surface area contributed by atoms with Crippen LogP contribution in [0.4, 0.5) is 0 Å². The van der Waals surface area contributed by atoms with Crippen LogP contribution in [-0.4, -0.2) is 6.29 Å². The van der Waals surface area contributed by atoms with Gasteiger partial charge in [0.15, 0.2) is 6.29 Å². The van der Waals surface area contributed by atoms with E-state index in [-0.39, 0.29) is 0 Å². The minimum Gasteiger partial charge on any atom is -0.298 e. The zero-order chi connectivity index (χ0) is 10.1. The molecule has 0 aliphatic carbocycles. The van der Waals surface area contributed by atoms with Gasteiger partial charge in [-0.3, -0.25) is 4.79 Å². The first kappa shape index (κ1) is 9.69. The van der Waals surface area contributed by atoms with Crippen molar-refractivity contribution in [1.29, 1.82) is 0 Å². The van der Waals surface area contributed by atoms with Gasteiger partial charge in [0, 0.05) is 26.1 Å². The third-order valence-corrected chi connectivity index (χ3v) is 3.56. The minimum atomic E-state index is 0.704. The van der Waals surface area contributed by atoms with Gasteiger partial charge in [0.1, 0.15) is 0 Å². The Hall–Kier alpha value is -0.860. The van der Waals surface area contributed by atoms with E-state index in [4.69, 9.17) is 11.6 Å². The lowest BCUT2D eigenvalue weighted by Gasteiger charge is -2.00. The molecule has 0 fully saturated rings. The summed E-state index contributed by atoms with van der Waals surface area (Å²) in [7, 11) is 0. The Morgan fingerprint density at radius 1 is 1.50 bits per heavy atom. The molecule has 1 heterocycles. The molecule has 0 aliphatic heterocycles. The van der Waals surface area contributed by atoms with Gasteiger partial charge in [-0.15, -0.1) is 11.3 Å². The standard InChI is InChI=1S/C11H9ClOS/c1-2-7-3-9(12)4-10-8(5-13)6-14-11(7)10/h3-6H,2H2,1H3. The van der Waals surface area contributed by atoms with E-state index in [2.05, 4.69) is 6.92 Å². The maximum absolute atomic E-state index is 10.8. The zero-order valence-electron chi connectivity index (χ0n) is 7.71. The van der Waals surface area contributed by atoms with Gasteiger partial charge in [-0.2, -0.15) is 0 Å². The number of fused-ring (bicyclic) bond motifs is 1. The summed E-state index contributed by atoms with van der Waals surface area (Å²) in [4.78, 5) is 10.8. The molecule has 14 heavy (non-hydrogen) atoms. The summed E-state index contributed by atoms with van der Waals surface area (Å²) in [5, 5.41) is 3.57. The summed E-state index contributed by atoms with van der Waals surface area (Å²) in [6.45, 7) is 2.09. The lowest BCUT2D eigenvalue weighted by atomic mass is 10.1. The summed E-state index contributed by atoms with van der Waals surface area (Å²) in [5.74, 6) is 0. The molecule has 0 N–H and O–H groups in total. The number of rotatable bonds is 2. The van der Waals surface area contributed by atoms with E-state index in [1.165, 1.54) is 10.3 Å². The summed E-state index contributed by atoms with van der Waals surface area (Å²) in [6, 6.07) is 3.82. The predicted octanol–water partition coefficient (Wildman–Crippen LogP) is 3.93. The van der Waals surface area contributed by atoms with E-state index in [0.717, 1.165) is 23.7 Å². The fraction of sp³-hybridized carbons (Fsp3) is 0.182. The normalized spacial score (nSPS) is 10.7. The van der Waals surface area contributed by atoms with Crippen molar-refractivity contribution in [3.05, 3.63) is 33.7 Å². The summed E-state index contributed by atoms with van der Waals surface area (Å²) >= 11 is 7.59. The molecule has 2 rings (SSSR count). The van der Waals surface area contributed by atoms with E-state index in [1.807, 2.05) is 17.5 Å². The first-order valence-electron chi connectivity index (χ1n) is 4.41. The molecule has 0 bridgehead atoms. The third-order valence-electron chi connectivity index (χ3n) is 2.25. The summed E-state index contributed by atoms with van der Waals surface area (Å²) in [6.07, 6.45) is 1.82. The number of carbonyl (C=O) groups excluding carboxylic acids is 1. The lowest BCUT2D eigenvalue weighted by Crippen LogP contribution is -1.82. The molecule has 0 unspecified atom stereocenters. The molecule has 0 aliphatic rings. The molecule has 0 atom stereocenters. The van der Waals surface area contributed by atoms with Crippen LogP contribution in [0.1, 0.15) is 22.8 Å². The van der Waals surface area contributed by atoms with Crippen molar-refractivity contribution in [2.24, 2.45) is 0 Å². The van der Waals surface area contributed by atoms with Gasteiger partial charge in [-0.1, -0.05) is 18.5 Å². The van der Waals surface area contributed by atoms with Gasteiger partial charge >= 0.3 is 0 Å². The molecule has 1 aromatic heterocycles. The molecule has 0 radical (unpaired) electrons. The van der Waals surface area contributed by atoms with Gasteiger partial charge in [-0.05, 0) is 24.1 Å². The average molecular weight is 225 g/mol. The Morgan fingerprint density at radius 3 is 2.93 bits per heavy atom. The van der Waals surface area contributed by atoms with Crippen LogP contribution in [-0.2, 0) is 6.42 Å². The monoisotopic (exact) mass is 224 g/mol. The molecule has 3 heteroatoms. The van der Waals surface area contributed by atoms with Crippen molar-refractivity contribution >= 4 is 39.3 Å². The van der Waals surface area contributed by atoms with E-state index >= 15 is 0 Å². The zero-order valence-corrected chi connectivity index (χ0v) is 9.28. The first-order chi connectivity index (χ1) is 6.76. The molecule has 0 saturated heterocycles. The van der Waals surface area contributed by atoms with Crippen LogP contribution < -0.4 is 0 Å². The SMILES string of the molecule is CCc1cc(Cl)cc2c(C=O)csc12. The molecule has 1 aromatic carbocycles. The molecule has 2 aromatic rings. The number of aryl methyl sites for hydroxylation is 1. The number of benzene rings is 1. The minimum absolute atomic E-state index is 0.704. The van der Waals surface area contributed by atoms with Crippen LogP contribution in [0.2, 0.25) is 5.02 Å². The summed E-state index contributed by atoms with van der Waals surface area (Å²) < 4.78 is 1.18. The van der Waals surface area contributed by atoms with Gasteiger partial charge in [0.25, 0.3) is 0 Å². The maximum atomic E-state index is 10.8. The van der Waals surface area contributed by atoms with Gasteiger partial charge in [0.2, 0.25) is 0 Å². The maximum Gasteiger partial charge on any atom is 0.151 e.